The fraction of sp³-hybridized carbons (Fsp3) is 0.600. The molecule has 33 heavy (non-hydrogen) atoms. The molecule has 0 rings (SSSR count). The number of rotatable bonds is 12. The van der Waals surface area contributed by atoms with Crippen molar-refractivity contribution >= 4 is 35.8 Å². The van der Waals surface area contributed by atoms with Gasteiger partial charge in [0.1, 0.15) is 0 Å². The maximum absolute atomic E-state index is 10.3. The predicted octanol–water partition coefficient (Wildman–Crippen LogP) is -13.1. The SMILES string of the molecule is COOC(=O)CCC(=O)[O-].COOC(=O)CCC(=O)[O-].COOC(=O)CCC(=O)[O-].[Na+].[Na+].[Na+]. The number of hydrogen-bond donors (Lipinski definition) is 0. The molecule has 0 aliphatic rings. The summed E-state index contributed by atoms with van der Waals surface area (Å²) in [5.41, 5.74) is 0. The van der Waals surface area contributed by atoms with E-state index in [0.29, 0.717) is 0 Å². The number of carbonyl (C=O) groups excluding carboxylic acids is 6. The Kier molecular flexibility index (Phi) is 47.3. The zero-order chi connectivity index (χ0) is 23.9. The summed E-state index contributed by atoms with van der Waals surface area (Å²) in [6, 6.07) is 0. The standard InChI is InChI=1S/3C5H8O5.3Na/c3*1-9-10-5(8)3-2-4(6)7;;;/h3*2-3H2,1H3,(H,6,7);;;/q;;;3*+1/p-3. The quantitative estimate of drug-likeness (QED) is 0.135. The molecule has 0 aromatic heterocycles. The van der Waals surface area contributed by atoms with Gasteiger partial charge in [-0.3, -0.25) is 14.7 Å². The summed E-state index contributed by atoms with van der Waals surface area (Å²) in [6.45, 7) is 0. The molecule has 0 aliphatic heterocycles. The normalized spacial score (nSPS) is 8.09. The van der Waals surface area contributed by atoms with E-state index in [-0.39, 0.29) is 127 Å². The third-order valence-corrected chi connectivity index (χ3v) is 2.13. The maximum Gasteiger partial charge on any atom is 1.00 e. The molecule has 15 nitrogen and oxygen atoms in total. The summed E-state index contributed by atoms with van der Waals surface area (Å²) < 4.78 is 0. The van der Waals surface area contributed by atoms with Gasteiger partial charge in [0.25, 0.3) is 0 Å². The molecule has 18 heteroatoms. The van der Waals surface area contributed by atoms with Crippen LogP contribution in [0.5, 0.6) is 0 Å². The predicted molar refractivity (Wildman–Crippen MR) is 82.0 cm³/mol. The van der Waals surface area contributed by atoms with E-state index in [1.165, 1.54) is 0 Å². The molecule has 0 bridgehead atoms. The molecule has 0 saturated carbocycles. The van der Waals surface area contributed by atoms with Crippen LogP contribution in [0.3, 0.4) is 0 Å². The van der Waals surface area contributed by atoms with Gasteiger partial charge >= 0.3 is 107 Å². The molecule has 0 radical (unpaired) electrons. The van der Waals surface area contributed by atoms with E-state index in [0.717, 1.165) is 21.3 Å². The Hall–Kier alpha value is -0.300. The molecule has 0 fully saturated rings. The Morgan fingerprint density at radius 3 is 0.758 bits per heavy atom. The summed E-state index contributed by atoms with van der Waals surface area (Å²) in [7, 11) is 3.49. The first-order valence-corrected chi connectivity index (χ1v) is 7.80. The van der Waals surface area contributed by atoms with Gasteiger partial charge in [0, 0.05) is 17.9 Å². The number of carboxylic acids is 3. The van der Waals surface area contributed by atoms with Gasteiger partial charge in [0.15, 0.2) is 0 Å². The topological polar surface area (TPSA) is 227 Å². The van der Waals surface area contributed by atoms with E-state index < -0.39 is 35.8 Å². The summed E-state index contributed by atoms with van der Waals surface area (Å²) in [4.78, 5) is 84.0. The van der Waals surface area contributed by atoms with E-state index >= 15 is 0 Å². The molecule has 174 valence electrons. The number of carbonyl (C=O) groups is 6. The summed E-state index contributed by atoms with van der Waals surface area (Å²) in [5, 5.41) is 29.2. The molecule has 0 unspecified atom stereocenters. The van der Waals surface area contributed by atoms with Crippen molar-refractivity contribution in [1.82, 2.24) is 0 Å². The zero-order valence-electron chi connectivity index (χ0n) is 19.4. The average Bonchev–Trinajstić information content (AvgIpc) is 2.65. The second-order valence-electron chi connectivity index (χ2n) is 4.48. The van der Waals surface area contributed by atoms with Crippen LogP contribution in [-0.2, 0) is 58.1 Å². The molecular weight excluding hydrogens is 489 g/mol. The van der Waals surface area contributed by atoms with Crippen LogP contribution in [0.15, 0.2) is 0 Å². The van der Waals surface area contributed by atoms with Crippen molar-refractivity contribution in [3.63, 3.8) is 0 Å². The van der Waals surface area contributed by atoms with Crippen LogP contribution in [-0.4, -0.2) is 57.1 Å². The number of aliphatic carboxylic acids is 3. The molecule has 0 aromatic carbocycles. The van der Waals surface area contributed by atoms with Crippen LogP contribution in [0, 0.1) is 0 Å². The fourth-order valence-corrected chi connectivity index (χ4v) is 1.02. The molecule has 0 heterocycles. The number of hydrogen-bond acceptors (Lipinski definition) is 15. The molecule has 0 aromatic rings. The molecule has 0 atom stereocenters. The minimum Gasteiger partial charge on any atom is -0.550 e. The van der Waals surface area contributed by atoms with Crippen LogP contribution in [0.1, 0.15) is 38.5 Å². The second-order valence-corrected chi connectivity index (χ2v) is 4.48. The Labute approximate surface area is 255 Å². The summed E-state index contributed by atoms with van der Waals surface area (Å²) in [6.07, 6.45) is -1.71. The minimum absolute atomic E-state index is 0. The molecular formula is C15H21Na3O15. The third-order valence-electron chi connectivity index (χ3n) is 2.13. The first kappa shape index (κ1) is 46.1. The van der Waals surface area contributed by atoms with Crippen molar-refractivity contribution in [3.05, 3.63) is 0 Å². The smallest absolute Gasteiger partial charge is 0.550 e. The van der Waals surface area contributed by atoms with E-state index in [2.05, 4.69) is 29.3 Å². The van der Waals surface area contributed by atoms with E-state index in [1.54, 1.807) is 0 Å². The Bertz CT molecular complexity index is 481. The van der Waals surface area contributed by atoms with Crippen LogP contribution in [0.25, 0.3) is 0 Å². The number of carboxylic acid groups (broad SMARTS) is 3. The molecule has 0 aliphatic carbocycles. The first-order chi connectivity index (χ1) is 14.0. The largest absolute Gasteiger partial charge is 1.00 e. The van der Waals surface area contributed by atoms with Crippen LogP contribution in [0.2, 0.25) is 0 Å². The van der Waals surface area contributed by atoms with E-state index in [4.69, 9.17) is 0 Å². The Morgan fingerprint density at radius 1 is 0.455 bits per heavy atom. The van der Waals surface area contributed by atoms with Gasteiger partial charge in [-0.15, -0.1) is 0 Å². The first-order valence-electron chi connectivity index (χ1n) is 7.80. The Morgan fingerprint density at radius 2 is 0.636 bits per heavy atom. The van der Waals surface area contributed by atoms with Crippen LogP contribution < -0.4 is 104 Å². The maximum atomic E-state index is 10.3. The van der Waals surface area contributed by atoms with Gasteiger partial charge < -0.3 is 29.7 Å². The average molecular weight is 510 g/mol. The van der Waals surface area contributed by atoms with Gasteiger partial charge in [0.05, 0.1) is 40.6 Å². The van der Waals surface area contributed by atoms with Gasteiger partial charge in [-0.25, -0.2) is 14.4 Å². The van der Waals surface area contributed by atoms with Crippen molar-refractivity contribution in [2.24, 2.45) is 0 Å². The molecule has 0 N–H and O–H groups in total. The van der Waals surface area contributed by atoms with Crippen molar-refractivity contribution < 1.29 is 162 Å². The van der Waals surface area contributed by atoms with Crippen LogP contribution in [0.4, 0.5) is 0 Å². The Balaban J connectivity index is -0.0000000792. The van der Waals surface area contributed by atoms with E-state index in [9.17, 15) is 44.1 Å². The van der Waals surface area contributed by atoms with Crippen molar-refractivity contribution in [2.75, 3.05) is 21.3 Å². The van der Waals surface area contributed by atoms with Crippen LogP contribution >= 0.6 is 0 Å². The summed E-state index contributed by atoms with van der Waals surface area (Å²) in [5.74, 6) is -6.00. The van der Waals surface area contributed by atoms with Gasteiger partial charge in [-0.2, -0.15) is 14.7 Å². The molecule has 0 saturated heterocycles. The minimum atomic E-state index is -1.28. The zero-order valence-corrected chi connectivity index (χ0v) is 25.4. The third kappa shape index (κ3) is 49.8. The van der Waals surface area contributed by atoms with Crippen molar-refractivity contribution in [3.8, 4) is 0 Å². The molecule has 0 spiro atoms. The monoisotopic (exact) mass is 510 g/mol. The summed E-state index contributed by atoms with van der Waals surface area (Å²) >= 11 is 0. The fourth-order valence-electron chi connectivity index (χ4n) is 1.02. The van der Waals surface area contributed by atoms with E-state index in [1.807, 2.05) is 0 Å². The van der Waals surface area contributed by atoms with Crippen molar-refractivity contribution in [2.45, 2.75) is 38.5 Å². The van der Waals surface area contributed by atoms with Crippen molar-refractivity contribution in [1.29, 1.82) is 0 Å². The van der Waals surface area contributed by atoms with Gasteiger partial charge in [-0.1, -0.05) is 0 Å². The molecule has 0 amide bonds. The van der Waals surface area contributed by atoms with Gasteiger partial charge in [0.2, 0.25) is 0 Å². The van der Waals surface area contributed by atoms with Gasteiger partial charge in [-0.05, 0) is 19.3 Å². The second kappa shape index (κ2) is 33.9.